The summed E-state index contributed by atoms with van der Waals surface area (Å²) in [5, 5.41) is 11.4. The van der Waals surface area contributed by atoms with Crippen molar-refractivity contribution >= 4 is 5.97 Å². The molecule has 0 spiro atoms. The molecule has 0 radical (unpaired) electrons. The maximum atomic E-state index is 13.7. The molecule has 0 saturated heterocycles. The molecule has 0 saturated carbocycles. The Bertz CT molecular complexity index is 530. The number of halogens is 2. The van der Waals surface area contributed by atoms with Gasteiger partial charge in [-0.15, -0.1) is 0 Å². The molecule has 0 aromatic heterocycles. The molecule has 21 heavy (non-hydrogen) atoms. The van der Waals surface area contributed by atoms with E-state index in [1.807, 2.05) is 13.8 Å². The van der Waals surface area contributed by atoms with Crippen LogP contribution in [0.25, 0.3) is 0 Å². The Kier molecular flexibility index (Phi) is 6.25. The van der Waals surface area contributed by atoms with Crippen LogP contribution in [0.15, 0.2) is 12.1 Å². The summed E-state index contributed by atoms with van der Waals surface area (Å²) in [4.78, 5) is 11.6. The Morgan fingerprint density at radius 3 is 2.38 bits per heavy atom. The second kappa shape index (κ2) is 7.70. The maximum Gasteiger partial charge on any atom is 0.322 e. The summed E-state index contributed by atoms with van der Waals surface area (Å²) in [6.45, 7) is 3.71. The maximum absolute atomic E-state index is 13.7. The molecule has 1 unspecified atom stereocenters. The zero-order chi connectivity index (χ0) is 16.0. The van der Waals surface area contributed by atoms with Gasteiger partial charge in [0.2, 0.25) is 0 Å². The summed E-state index contributed by atoms with van der Waals surface area (Å²) in [6.07, 6.45) is 0.492. The fourth-order valence-corrected chi connectivity index (χ4v) is 1.94. The number of rotatable bonds is 6. The molecule has 1 atom stereocenters. The molecule has 0 heterocycles. The van der Waals surface area contributed by atoms with Crippen molar-refractivity contribution in [2.24, 2.45) is 5.92 Å². The van der Waals surface area contributed by atoms with Crippen molar-refractivity contribution in [3.63, 3.8) is 0 Å². The van der Waals surface area contributed by atoms with E-state index in [2.05, 4.69) is 10.1 Å². The van der Waals surface area contributed by atoms with Gasteiger partial charge in [0.15, 0.2) is 0 Å². The van der Waals surface area contributed by atoms with Crippen LogP contribution < -0.4 is 5.32 Å². The monoisotopic (exact) mass is 296 g/mol. The van der Waals surface area contributed by atoms with E-state index < -0.39 is 23.6 Å². The predicted octanol–water partition coefficient (Wildman–Crippen LogP) is 2.51. The van der Waals surface area contributed by atoms with Gasteiger partial charge >= 0.3 is 5.97 Å². The van der Waals surface area contributed by atoms with E-state index in [4.69, 9.17) is 5.26 Å². The van der Waals surface area contributed by atoms with Gasteiger partial charge < -0.3 is 10.1 Å². The average Bonchev–Trinajstić information content (AvgIpc) is 2.43. The normalized spacial score (nSPS) is 12.0. The zero-order valence-corrected chi connectivity index (χ0v) is 12.2. The third-order valence-corrected chi connectivity index (χ3v) is 2.99. The van der Waals surface area contributed by atoms with Crippen molar-refractivity contribution in [3.8, 4) is 6.07 Å². The molecular weight excluding hydrogens is 278 g/mol. The van der Waals surface area contributed by atoms with E-state index in [9.17, 15) is 13.6 Å². The van der Waals surface area contributed by atoms with Crippen LogP contribution in [0, 0.1) is 28.9 Å². The molecule has 0 amide bonds. The van der Waals surface area contributed by atoms with Crippen molar-refractivity contribution in [3.05, 3.63) is 34.9 Å². The van der Waals surface area contributed by atoms with E-state index in [-0.39, 0.29) is 23.6 Å². The van der Waals surface area contributed by atoms with Crippen molar-refractivity contribution in [2.45, 2.75) is 32.9 Å². The molecule has 1 N–H and O–H groups in total. The van der Waals surface area contributed by atoms with Crippen LogP contribution in [-0.2, 0) is 16.1 Å². The Labute approximate surface area is 122 Å². The first-order valence-electron chi connectivity index (χ1n) is 6.58. The van der Waals surface area contributed by atoms with Crippen LogP contribution in [0.2, 0.25) is 0 Å². The van der Waals surface area contributed by atoms with E-state index in [1.165, 1.54) is 7.11 Å². The molecule has 0 fully saturated rings. The van der Waals surface area contributed by atoms with Crippen LogP contribution in [0.4, 0.5) is 8.78 Å². The van der Waals surface area contributed by atoms with Gasteiger partial charge in [-0.1, -0.05) is 13.8 Å². The van der Waals surface area contributed by atoms with Gasteiger partial charge in [0.1, 0.15) is 17.7 Å². The van der Waals surface area contributed by atoms with Gasteiger partial charge in [0.05, 0.1) is 18.7 Å². The summed E-state index contributed by atoms with van der Waals surface area (Å²) in [7, 11) is 1.26. The molecule has 0 aliphatic heterocycles. The predicted molar refractivity (Wildman–Crippen MR) is 73.2 cm³/mol. The third kappa shape index (κ3) is 4.80. The quantitative estimate of drug-likeness (QED) is 0.819. The highest BCUT2D eigenvalue weighted by atomic mass is 19.1. The van der Waals surface area contributed by atoms with Gasteiger partial charge in [0.25, 0.3) is 0 Å². The summed E-state index contributed by atoms with van der Waals surface area (Å²) in [6, 6.07) is 2.98. The fraction of sp³-hybridized carbons (Fsp3) is 0.467. The van der Waals surface area contributed by atoms with E-state index in [1.54, 1.807) is 6.07 Å². The lowest BCUT2D eigenvalue weighted by molar-refractivity contribution is -0.143. The number of nitriles is 1. The SMILES string of the molecule is COC(=O)C(CC(C)C)NCc1c(F)cc(C#N)cc1F. The second-order valence-corrected chi connectivity index (χ2v) is 5.12. The van der Waals surface area contributed by atoms with Gasteiger partial charge in [-0.05, 0) is 24.5 Å². The largest absolute Gasteiger partial charge is 0.468 e. The number of hydrogen-bond acceptors (Lipinski definition) is 4. The van der Waals surface area contributed by atoms with E-state index in [0.717, 1.165) is 12.1 Å². The molecular formula is C15H18F2N2O2. The highest BCUT2D eigenvalue weighted by molar-refractivity contribution is 5.75. The highest BCUT2D eigenvalue weighted by Crippen LogP contribution is 2.16. The molecule has 1 aromatic carbocycles. The Morgan fingerprint density at radius 2 is 1.95 bits per heavy atom. The van der Waals surface area contributed by atoms with Crippen molar-refractivity contribution < 1.29 is 18.3 Å². The fourth-order valence-electron chi connectivity index (χ4n) is 1.94. The number of hydrogen-bond donors (Lipinski definition) is 1. The molecule has 0 aliphatic rings. The van der Waals surface area contributed by atoms with Crippen molar-refractivity contribution in [2.75, 3.05) is 7.11 Å². The number of ether oxygens (including phenoxy) is 1. The number of benzene rings is 1. The first kappa shape index (κ1) is 17.1. The van der Waals surface area contributed by atoms with Crippen LogP contribution in [-0.4, -0.2) is 19.1 Å². The first-order valence-corrected chi connectivity index (χ1v) is 6.58. The Balaban J connectivity index is 2.85. The molecule has 0 bridgehead atoms. The number of carbonyl (C=O) groups is 1. The molecule has 0 aliphatic carbocycles. The average molecular weight is 296 g/mol. The summed E-state index contributed by atoms with van der Waals surface area (Å²) >= 11 is 0. The minimum atomic E-state index is -0.813. The van der Waals surface area contributed by atoms with E-state index in [0.29, 0.717) is 6.42 Å². The first-order chi connectivity index (χ1) is 9.88. The van der Waals surface area contributed by atoms with Crippen LogP contribution in [0.5, 0.6) is 0 Å². The molecule has 6 heteroatoms. The minimum absolute atomic E-state index is 0.0829. The van der Waals surface area contributed by atoms with Crippen LogP contribution in [0.1, 0.15) is 31.4 Å². The lowest BCUT2D eigenvalue weighted by atomic mass is 10.0. The van der Waals surface area contributed by atoms with Gasteiger partial charge in [0, 0.05) is 12.1 Å². The molecule has 1 rings (SSSR count). The second-order valence-electron chi connectivity index (χ2n) is 5.12. The van der Waals surface area contributed by atoms with Crippen molar-refractivity contribution in [1.29, 1.82) is 5.26 Å². The Morgan fingerprint density at radius 1 is 1.38 bits per heavy atom. The Hall–Kier alpha value is -2.00. The highest BCUT2D eigenvalue weighted by Gasteiger charge is 2.21. The van der Waals surface area contributed by atoms with E-state index >= 15 is 0 Å². The third-order valence-electron chi connectivity index (χ3n) is 2.99. The number of esters is 1. The van der Waals surface area contributed by atoms with Crippen LogP contribution in [0.3, 0.4) is 0 Å². The van der Waals surface area contributed by atoms with Crippen LogP contribution >= 0.6 is 0 Å². The summed E-state index contributed by atoms with van der Waals surface area (Å²) in [5.74, 6) is -1.88. The molecule has 1 aromatic rings. The zero-order valence-electron chi connectivity index (χ0n) is 12.2. The number of nitrogens with one attached hydrogen (secondary N) is 1. The lowest BCUT2D eigenvalue weighted by Crippen LogP contribution is -2.38. The standard InChI is InChI=1S/C15H18F2N2O2/c1-9(2)4-14(15(20)21-3)19-8-11-12(16)5-10(7-18)6-13(11)17/h5-6,9,14,19H,4,8H2,1-3H3. The van der Waals surface area contributed by atoms with Gasteiger partial charge in [-0.3, -0.25) is 4.79 Å². The number of methoxy groups -OCH3 is 1. The minimum Gasteiger partial charge on any atom is -0.468 e. The van der Waals surface area contributed by atoms with Crippen molar-refractivity contribution in [1.82, 2.24) is 5.32 Å². The smallest absolute Gasteiger partial charge is 0.322 e. The lowest BCUT2D eigenvalue weighted by Gasteiger charge is -2.18. The summed E-state index contributed by atoms with van der Waals surface area (Å²) in [5.41, 5.74) is -0.285. The molecule has 4 nitrogen and oxygen atoms in total. The van der Waals surface area contributed by atoms with Gasteiger partial charge in [-0.25, -0.2) is 8.78 Å². The summed E-state index contributed by atoms with van der Waals surface area (Å²) < 4.78 is 32.2. The topological polar surface area (TPSA) is 62.1 Å². The number of nitrogens with zero attached hydrogens (tertiary/aromatic N) is 1. The number of carbonyl (C=O) groups excluding carboxylic acids is 1. The molecule has 114 valence electrons. The van der Waals surface area contributed by atoms with Gasteiger partial charge in [-0.2, -0.15) is 5.26 Å².